The second-order valence-electron chi connectivity index (χ2n) is 1.35. The zero-order valence-corrected chi connectivity index (χ0v) is 8.13. The summed E-state index contributed by atoms with van der Waals surface area (Å²) in [7, 11) is 0. The van der Waals surface area contributed by atoms with E-state index in [0.717, 1.165) is 0 Å². The van der Waals surface area contributed by atoms with Crippen molar-refractivity contribution < 1.29 is 78.4 Å². The van der Waals surface area contributed by atoms with Crippen LogP contribution in [0.25, 0.3) is 0 Å². The van der Waals surface area contributed by atoms with Crippen LogP contribution < -0.4 is 56.5 Å². The topological polar surface area (TPSA) is 23.1 Å². The predicted octanol–water partition coefficient (Wildman–Crippen LogP) is -2.45. The first kappa shape index (κ1) is 13.8. The van der Waals surface area contributed by atoms with Crippen LogP contribution in [-0.4, -0.2) is 18.7 Å². The van der Waals surface area contributed by atoms with Crippen LogP contribution in [0.5, 0.6) is 0 Å². The van der Waals surface area contributed by atoms with Gasteiger partial charge in [0.2, 0.25) is 0 Å². The summed E-state index contributed by atoms with van der Waals surface area (Å²) in [5, 5.41) is 9.03. The van der Waals surface area contributed by atoms with Crippen LogP contribution in [-0.2, 0) is 0 Å². The van der Waals surface area contributed by atoms with Gasteiger partial charge in [0, 0.05) is 0 Å². The van der Waals surface area contributed by atoms with Gasteiger partial charge in [0.1, 0.15) is 0 Å². The summed E-state index contributed by atoms with van der Waals surface area (Å²) in [6.45, 7) is -2.64. The summed E-state index contributed by atoms with van der Waals surface area (Å²) in [5.41, 5.74) is 0. The minimum absolute atomic E-state index is 0. The van der Waals surface area contributed by atoms with E-state index >= 15 is 0 Å². The Kier molecular flexibility index (Phi) is 5.96. The maximum atomic E-state index is 11.2. The predicted molar refractivity (Wildman–Crippen MR) is 15.9 cm³/mol. The molecule has 56 valence electrons. The minimum Gasteiger partial charge on any atom is -0.793 e. The Morgan fingerprint density at radius 3 is 1.40 bits per heavy atom. The monoisotopic (exact) mass is 188 g/mol. The third-order valence-corrected chi connectivity index (χ3v) is 0.594. The standard InChI is InChI=1S/C3H2F5O.K/c4-1-2(5,6)3(7,8)9;/h1H2;/q-1;+1. The fraction of sp³-hybridized carbons (Fsp3) is 1.00. The van der Waals surface area contributed by atoms with Gasteiger partial charge in [0.15, 0.2) is 6.67 Å². The summed E-state index contributed by atoms with van der Waals surface area (Å²) in [5.74, 6) is -5.08. The van der Waals surface area contributed by atoms with Crippen molar-refractivity contribution in [2.24, 2.45) is 0 Å². The number of alkyl halides is 5. The van der Waals surface area contributed by atoms with E-state index in [4.69, 9.17) is 5.11 Å². The molecule has 0 aromatic rings. The first-order valence-corrected chi connectivity index (χ1v) is 1.83. The quantitative estimate of drug-likeness (QED) is 0.348. The minimum atomic E-state index is -5.51. The summed E-state index contributed by atoms with van der Waals surface area (Å²) >= 11 is 0. The Balaban J connectivity index is 0. The summed E-state index contributed by atoms with van der Waals surface area (Å²) < 4.78 is 55.2. The summed E-state index contributed by atoms with van der Waals surface area (Å²) in [6, 6.07) is 0. The molecule has 0 aromatic heterocycles. The molecule has 0 spiro atoms. The number of rotatable bonds is 2. The molecule has 1 nitrogen and oxygen atoms in total. The smallest absolute Gasteiger partial charge is 0.793 e. The maximum absolute atomic E-state index is 11.2. The van der Waals surface area contributed by atoms with Crippen molar-refractivity contribution in [3.8, 4) is 0 Å². The van der Waals surface area contributed by atoms with Gasteiger partial charge in [-0.3, -0.25) is 0 Å². The first-order chi connectivity index (χ1) is 3.81. The molecule has 10 heavy (non-hydrogen) atoms. The van der Waals surface area contributed by atoms with Gasteiger partial charge in [-0.25, -0.2) is 13.2 Å². The van der Waals surface area contributed by atoms with Crippen molar-refractivity contribution in [1.29, 1.82) is 0 Å². The zero-order chi connectivity index (χ0) is 7.71. The van der Waals surface area contributed by atoms with Crippen molar-refractivity contribution in [2.75, 3.05) is 6.67 Å². The second kappa shape index (κ2) is 4.32. The molecule has 0 heterocycles. The molecule has 0 aliphatic carbocycles. The largest absolute Gasteiger partial charge is 1.00 e. The molecule has 0 aliphatic rings. The van der Waals surface area contributed by atoms with Crippen LogP contribution in [0, 0.1) is 0 Å². The Bertz CT molecular complexity index is 99.6. The molecule has 0 rings (SSSR count). The number of hydrogen-bond donors (Lipinski definition) is 0. The fourth-order valence-corrected chi connectivity index (χ4v) is 0.0778. The molecule has 0 unspecified atom stereocenters. The molecular weight excluding hydrogens is 186 g/mol. The number of halogens is 5. The van der Waals surface area contributed by atoms with Gasteiger partial charge in [0.05, 0.1) is 0 Å². The maximum Gasteiger partial charge on any atom is 1.00 e. The molecular formula is C3H2F5KO. The zero-order valence-electron chi connectivity index (χ0n) is 5.01. The van der Waals surface area contributed by atoms with E-state index in [1.54, 1.807) is 0 Å². The fourth-order valence-electron chi connectivity index (χ4n) is 0.0778. The van der Waals surface area contributed by atoms with Crippen molar-refractivity contribution in [3.63, 3.8) is 0 Å². The molecule has 0 radical (unpaired) electrons. The van der Waals surface area contributed by atoms with Gasteiger partial charge in [0.25, 0.3) is 6.11 Å². The molecule has 0 amide bonds. The molecule has 0 saturated heterocycles. The van der Waals surface area contributed by atoms with Gasteiger partial charge >= 0.3 is 57.3 Å². The summed E-state index contributed by atoms with van der Waals surface area (Å²) in [6.07, 6.45) is -5.51. The normalized spacial score (nSPS) is 12.6. The van der Waals surface area contributed by atoms with Gasteiger partial charge in [-0.15, -0.1) is 0 Å². The van der Waals surface area contributed by atoms with Gasteiger partial charge in [-0.1, -0.05) is 0 Å². The molecule has 0 aromatic carbocycles. The van der Waals surface area contributed by atoms with Gasteiger partial charge in [-0.2, -0.15) is 8.78 Å². The molecule has 0 saturated carbocycles. The van der Waals surface area contributed by atoms with Crippen LogP contribution in [0.2, 0.25) is 0 Å². The van der Waals surface area contributed by atoms with E-state index in [-0.39, 0.29) is 51.4 Å². The summed E-state index contributed by atoms with van der Waals surface area (Å²) in [4.78, 5) is 0. The average molecular weight is 188 g/mol. The van der Waals surface area contributed by atoms with Crippen LogP contribution in [0.1, 0.15) is 0 Å². The van der Waals surface area contributed by atoms with Crippen LogP contribution in [0.3, 0.4) is 0 Å². The van der Waals surface area contributed by atoms with Crippen LogP contribution in [0.4, 0.5) is 22.0 Å². The molecule has 0 fully saturated rings. The SMILES string of the molecule is [K+].[O-]C(F)(F)C(F)(F)CF. The molecule has 0 aliphatic heterocycles. The van der Waals surface area contributed by atoms with E-state index in [1.165, 1.54) is 0 Å². The van der Waals surface area contributed by atoms with Crippen molar-refractivity contribution in [3.05, 3.63) is 0 Å². The van der Waals surface area contributed by atoms with E-state index in [0.29, 0.717) is 0 Å². The second-order valence-corrected chi connectivity index (χ2v) is 1.35. The van der Waals surface area contributed by atoms with Crippen molar-refractivity contribution in [1.82, 2.24) is 0 Å². The third-order valence-electron chi connectivity index (χ3n) is 0.594. The third kappa shape index (κ3) is 3.58. The number of hydrogen-bond acceptors (Lipinski definition) is 1. The Morgan fingerprint density at radius 2 is 1.40 bits per heavy atom. The van der Waals surface area contributed by atoms with E-state index in [9.17, 15) is 22.0 Å². The van der Waals surface area contributed by atoms with E-state index < -0.39 is 18.7 Å². The first-order valence-electron chi connectivity index (χ1n) is 1.83. The van der Waals surface area contributed by atoms with Gasteiger partial charge in [-0.05, 0) is 0 Å². The van der Waals surface area contributed by atoms with Crippen LogP contribution >= 0.6 is 0 Å². The van der Waals surface area contributed by atoms with E-state index in [2.05, 4.69) is 0 Å². The Labute approximate surface area is 96.0 Å². The van der Waals surface area contributed by atoms with Crippen molar-refractivity contribution >= 4 is 0 Å². The van der Waals surface area contributed by atoms with Gasteiger partial charge < -0.3 is 5.11 Å². The van der Waals surface area contributed by atoms with Crippen LogP contribution in [0.15, 0.2) is 0 Å². The van der Waals surface area contributed by atoms with E-state index in [1.807, 2.05) is 0 Å². The Hall–Kier alpha value is 1.25. The molecule has 0 atom stereocenters. The average Bonchev–Trinajstić information content (AvgIpc) is 1.64. The molecule has 0 bridgehead atoms. The van der Waals surface area contributed by atoms with Crippen molar-refractivity contribution in [2.45, 2.75) is 12.0 Å². The molecule has 0 N–H and O–H groups in total. The molecule has 7 heteroatoms. The Morgan fingerprint density at radius 1 is 1.10 bits per heavy atom.